The zero-order chi connectivity index (χ0) is 14.6. The van der Waals surface area contributed by atoms with E-state index in [0.29, 0.717) is 0 Å². The van der Waals surface area contributed by atoms with Crippen molar-refractivity contribution in [1.82, 2.24) is 19.2 Å². The third kappa shape index (κ3) is 1.73. The number of benzene rings is 1. The van der Waals surface area contributed by atoms with Crippen LogP contribution in [-0.4, -0.2) is 19.2 Å². The summed E-state index contributed by atoms with van der Waals surface area (Å²) in [5.74, 6) is 0.273. The molecule has 0 bridgehead atoms. The van der Waals surface area contributed by atoms with Crippen LogP contribution in [0.5, 0.6) is 0 Å². The first kappa shape index (κ1) is 11.8. The van der Waals surface area contributed by atoms with Crippen LogP contribution < -0.4 is 11.5 Å². The second-order valence-electron chi connectivity index (χ2n) is 5.12. The number of hydrogen-bond donors (Lipinski definition) is 2. The summed E-state index contributed by atoms with van der Waals surface area (Å²) >= 11 is 0. The Morgan fingerprint density at radius 3 is 2.71 bits per heavy atom. The Bertz CT molecular complexity index is 979. The number of hydrogen-bond acceptors (Lipinski definition) is 4. The van der Waals surface area contributed by atoms with E-state index >= 15 is 0 Å². The smallest absolute Gasteiger partial charge is 0.240 e. The number of anilines is 2. The average Bonchev–Trinajstić information content (AvgIpc) is 2.97. The highest BCUT2D eigenvalue weighted by atomic mass is 15.3. The summed E-state index contributed by atoms with van der Waals surface area (Å²) in [5, 5.41) is 5.13. The molecule has 0 fully saturated rings. The Hall–Kier alpha value is -3.02. The van der Waals surface area contributed by atoms with Crippen LogP contribution in [0.1, 0.15) is 0 Å². The molecule has 0 atom stereocenters. The summed E-state index contributed by atoms with van der Waals surface area (Å²) in [7, 11) is 1.99. The van der Waals surface area contributed by atoms with Crippen LogP contribution >= 0.6 is 0 Å². The van der Waals surface area contributed by atoms with Crippen molar-refractivity contribution in [3.63, 3.8) is 0 Å². The van der Waals surface area contributed by atoms with Crippen molar-refractivity contribution in [2.24, 2.45) is 7.05 Å². The van der Waals surface area contributed by atoms with Gasteiger partial charge in [-0.05, 0) is 35.4 Å². The van der Waals surface area contributed by atoms with Crippen molar-refractivity contribution in [2.45, 2.75) is 0 Å². The first-order valence-electron chi connectivity index (χ1n) is 6.59. The molecule has 0 aliphatic rings. The van der Waals surface area contributed by atoms with Gasteiger partial charge in [0.25, 0.3) is 0 Å². The molecule has 6 nitrogen and oxygen atoms in total. The van der Waals surface area contributed by atoms with Crippen molar-refractivity contribution in [1.29, 1.82) is 0 Å². The summed E-state index contributed by atoms with van der Waals surface area (Å²) in [4.78, 5) is 4.18. The summed E-state index contributed by atoms with van der Waals surface area (Å²) in [6, 6.07) is 10.2. The lowest BCUT2D eigenvalue weighted by atomic mass is 10.0. The minimum Gasteiger partial charge on any atom is -0.397 e. The fourth-order valence-electron chi connectivity index (χ4n) is 2.68. The number of nitrogens with zero attached hydrogens (tertiary/aromatic N) is 4. The van der Waals surface area contributed by atoms with Crippen LogP contribution in [-0.2, 0) is 7.05 Å². The van der Waals surface area contributed by atoms with Gasteiger partial charge >= 0.3 is 0 Å². The molecule has 0 saturated carbocycles. The standard InChI is InChI=1S/C15H14N6/c1-20-8-12(16)11-6-9(2-3-13(11)20)10-4-5-21-14(7-10)18-15(17)19-21/h2-8H,16H2,1H3,(H2,17,19). The number of pyridine rings is 1. The molecule has 4 rings (SSSR count). The third-order valence-electron chi connectivity index (χ3n) is 3.71. The molecule has 0 unspecified atom stereocenters. The van der Waals surface area contributed by atoms with Crippen LogP contribution in [0, 0.1) is 0 Å². The predicted molar refractivity (Wildman–Crippen MR) is 83.7 cm³/mol. The number of fused-ring (bicyclic) bond motifs is 2. The lowest BCUT2D eigenvalue weighted by Gasteiger charge is -2.03. The second kappa shape index (κ2) is 3.99. The van der Waals surface area contributed by atoms with Crippen molar-refractivity contribution in [3.05, 3.63) is 42.7 Å². The molecule has 21 heavy (non-hydrogen) atoms. The molecule has 1 aromatic carbocycles. The molecule has 4 aromatic rings. The quantitative estimate of drug-likeness (QED) is 0.558. The molecule has 0 spiro atoms. The van der Waals surface area contributed by atoms with Crippen LogP contribution in [0.2, 0.25) is 0 Å². The van der Waals surface area contributed by atoms with Gasteiger partial charge in [-0.15, -0.1) is 5.10 Å². The van der Waals surface area contributed by atoms with Gasteiger partial charge in [-0.1, -0.05) is 6.07 Å². The maximum Gasteiger partial charge on any atom is 0.240 e. The van der Waals surface area contributed by atoms with E-state index in [4.69, 9.17) is 11.5 Å². The number of nitrogen functional groups attached to an aromatic ring is 2. The molecule has 0 aliphatic heterocycles. The van der Waals surface area contributed by atoms with Crippen molar-refractivity contribution < 1.29 is 0 Å². The van der Waals surface area contributed by atoms with Gasteiger partial charge in [-0.3, -0.25) is 0 Å². The topological polar surface area (TPSA) is 87.2 Å². The molecular weight excluding hydrogens is 264 g/mol. The lowest BCUT2D eigenvalue weighted by Crippen LogP contribution is -1.89. The largest absolute Gasteiger partial charge is 0.397 e. The first-order chi connectivity index (χ1) is 10.1. The van der Waals surface area contributed by atoms with E-state index in [1.807, 2.05) is 36.1 Å². The molecule has 3 heterocycles. The van der Waals surface area contributed by atoms with E-state index in [0.717, 1.165) is 33.4 Å². The van der Waals surface area contributed by atoms with E-state index in [1.54, 1.807) is 4.52 Å². The zero-order valence-electron chi connectivity index (χ0n) is 11.5. The van der Waals surface area contributed by atoms with E-state index < -0.39 is 0 Å². The summed E-state index contributed by atoms with van der Waals surface area (Å²) < 4.78 is 3.69. The molecule has 0 radical (unpaired) electrons. The highest BCUT2D eigenvalue weighted by molar-refractivity contribution is 5.95. The number of nitrogens with two attached hydrogens (primary N) is 2. The van der Waals surface area contributed by atoms with E-state index in [-0.39, 0.29) is 5.95 Å². The average molecular weight is 278 g/mol. The highest BCUT2D eigenvalue weighted by Crippen LogP contribution is 2.29. The molecule has 104 valence electrons. The number of aryl methyl sites for hydroxylation is 1. The minimum atomic E-state index is 0.273. The van der Waals surface area contributed by atoms with Crippen LogP contribution in [0.25, 0.3) is 27.7 Å². The van der Waals surface area contributed by atoms with Gasteiger partial charge in [-0.2, -0.15) is 4.98 Å². The minimum absolute atomic E-state index is 0.273. The fraction of sp³-hybridized carbons (Fsp3) is 0.0667. The monoisotopic (exact) mass is 278 g/mol. The van der Waals surface area contributed by atoms with E-state index in [9.17, 15) is 0 Å². The number of aromatic nitrogens is 4. The molecule has 6 heteroatoms. The van der Waals surface area contributed by atoms with Crippen molar-refractivity contribution in [3.8, 4) is 11.1 Å². The highest BCUT2D eigenvalue weighted by Gasteiger charge is 2.07. The number of rotatable bonds is 1. The Kier molecular flexibility index (Phi) is 2.24. The predicted octanol–water partition coefficient (Wildman–Crippen LogP) is 2.05. The van der Waals surface area contributed by atoms with Crippen LogP contribution in [0.3, 0.4) is 0 Å². The zero-order valence-corrected chi connectivity index (χ0v) is 11.5. The van der Waals surface area contributed by atoms with Gasteiger partial charge in [0.05, 0.1) is 5.69 Å². The molecule has 0 aliphatic carbocycles. The first-order valence-corrected chi connectivity index (χ1v) is 6.59. The second-order valence-corrected chi connectivity index (χ2v) is 5.12. The maximum atomic E-state index is 6.05. The van der Waals surface area contributed by atoms with Gasteiger partial charge in [0.2, 0.25) is 5.95 Å². The van der Waals surface area contributed by atoms with Gasteiger partial charge < -0.3 is 16.0 Å². The van der Waals surface area contributed by atoms with Crippen molar-refractivity contribution >= 4 is 28.2 Å². The van der Waals surface area contributed by atoms with Crippen LogP contribution in [0.4, 0.5) is 11.6 Å². The van der Waals surface area contributed by atoms with Gasteiger partial charge in [0.1, 0.15) is 0 Å². The van der Waals surface area contributed by atoms with Crippen molar-refractivity contribution in [2.75, 3.05) is 11.5 Å². The normalized spacial score (nSPS) is 11.5. The summed E-state index contributed by atoms with van der Waals surface area (Å²) in [6.07, 6.45) is 3.78. The fourth-order valence-corrected chi connectivity index (χ4v) is 2.68. The summed E-state index contributed by atoms with van der Waals surface area (Å²) in [6.45, 7) is 0. The Labute approximate surface area is 120 Å². The molecule has 4 N–H and O–H groups in total. The molecule has 0 saturated heterocycles. The summed E-state index contributed by atoms with van der Waals surface area (Å²) in [5.41, 5.74) is 16.4. The molecular formula is C15H14N6. The van der Waals surface area contributed by atoms with E-state index in [1.165, 1.54) is 0 Å². The molecule has 3 aromatic heterocycles. The third-order valence-corrected chi connectivity index (χ3v) is 3.71. The Morgan fingerprint density at radius 2 is 1.86 bits per heavy atom. The van der Waals surface area contributed by atoms with E-state index in [2.05, 4.69) is 28.3 Å². The lowest BCUT2D eigenvalue weighted by molar-refractivity contribution is 0.968. The van der Waals surface area contributed by atoms with Gasteiger partial charge in [-0.25, -0.2) is 4.52 Å². The van der Waals surface area contributed by atoms with Crippen LogP contribution in [0.15, 0.2) is 42.7 Å². The Morgan fingerprint density at radius 1 is 1.05 bits per heavy atom. The maximum absolute atomic E-state index is 6.05. The Balaban J connectivity index is 1.92. The van der Waals surface area contributed by atoms with Gasteiger partial charge in [0, 0.05) is 30.3 Å². The molecule has 0 amide bonds. The van der Waals surface area contributed by atoms with Gasteiger partial charge in [0.15, 0.2) is 5.65 Å². The SMILES string of the molecule is Cn1cc(N)c2cc(-c3ccn4nc(N)nc4c3)ccc21.